The highest BCUT2D eigenvalue weighted by molar-refractivity contribution is 5.85. The Balaban J connectivity index is 0. The number of hydrogen-bond acceptors (Lipinski definition) is 3. The van der Waals surface area contributed by atoms with Gasteiger partial charge in [-0.3, -0.25) is 9.69 Å². The highest BCUT2D eigenvalue weighted by Gasteiger charge is 2.07. The summed E-state index contributed by atoms with van der Waals surface area (Å²) in [5.41, 5.74) is 4.94. The number of nitrogens with two attached hydrogens (primary N) is 1. The number of primary amides is 1. The molecule has 1 fully saturated rings. The van der Waals surface area contributed by atoms with E-state index in [2.05, 4.69) is 4.90 Å². The van der Waals surface area contributed by atoms with E-state index in [0.717, 1.165) is 32.8 Å². The molecule has 84 valence electrons. The zero-order chi connectivity index (χ0) is 10.8. The van der Waals surface area contributed by atoms with Crippen molar-refractivity contribution in [2.45, 2.75) is 13.8 Å². The SMILES string of the molecule is CC.NC(=O)/C=C/CN1CCOCC1.[HH]. The van der Waals surface area contributed by atoms with Gasteiger partial charge in [0, 0.05) is 21.1 Å². The van der Waals surface area contributed by atoms with Crippen LogP contribution in [0.25, 0.3) is 0 Å². The Hall–Kier alpha value is -0.870. The second-order valence-electron chi connectivity index (χ2n) is 2.72. The van der Waals surface area contributed by atoms with E-state index in [9.17, 15) is 4.79 Å². The van der Waals surface area contributed by atoms with Crippen molar-refractivity contribution < 1.29 is 11.0 Å². The van der Waals surface area contributed by atoms with Crippen LogP contribution in [0.2, 0.25) is 0 Å². The predicted octanol–water partition coefficient (Wildman–Crippen LogP) is 0.632. The first-order valence-electron chi connectivity index (χ1n) is 5.05. The number of amides is 1. The van der Waals surface area contributed by atoms with E-state index in [1.54, 1.807) is 6.08 Å². The molecule has 4 nitrogen and oxygen atoms in total. The first-order valence-corrected chi connectivity index (χ1v) is 5.05. The first-order chi connectivity index (χ1) is 6.79. The van der Waals surface area contributed by atoms with E-state index in [0.29, 0.717) is 0 Å². The van der Waals surface area contributed by atoms with Gasteiger partial charge in [0.1, 0.15) is 0 Å². The molecule has 0 atom stereocenters. The molecule has 0 saturated carbocycles. The Morgan fingerprint density at radius 3 is 2.57 bits per heavy atom. The zero-order valence-electron chi connectivity index (χ0n) is 9.03. The third-order valence-corrected chi connectivity index (χ3v) is 1.75. The Labute approximate surface area is 87.2 Å². The summed E-state index contributed by atoms with van der Waals surface area (Å²) in [6, 6.07) is 0. The maximum Gasteiger partial charge on any atom is 0.241 e. The molecule has 1 saturated heterocycles. The van der Waals surface area contributed by atoms with Gasteiger partial charge in [0.05, 0.1) is 13.2 Å². The number of hydrogen-bond donors (Lipinski definition) is 1. The number of carbonyl (C=O) groups excluding carboxylic acids is 1. The molecular weight excluding hydrogens is 180 g/mol. The Morgan fingerprint density at radius 2 is 2.07 bits per heavy atom. The Morgan fingerprint density at radius 1 is 1.50 bits per heavy atom. The van der Waals surface area contributed by atoms with Crippen molar-refractivity contribution in [1.82, 2.24) is 4.90 Å². The average Bonchev–Trinajstić information content (AvgIpc) is 2.22. The normalized spacial score (nSPS) is 17.6. The number of morpholine rings is 1. The monoisotopic (exact) mass is 202 g/mol. The molecule has 14 heavy (non-hydrogen) atoms. The van der Waals surface area contributed by atoms with Crippen molar-refractivity contribution in [2.75, 3.05) is 32.8 Å². The molecule has 1 aliphatic rings. The fourth-order valence-corrected chi connectivity index (χ4v) is 1.10. The fraction of sp³-hybridized carbons (Fsp3) is 0.700. The third-order valence-electron chi connectivity index (χ3n) is 1.75. The van der Waals surface area contributed by atoms with Crippen molar-refractivity contribution in [1.29, 1.82) is 0 Å². The van der Waals surface area contributed by atoms with Crippen LogP contribution >= 0.6 is 0 Å². The Kier molecular flexibility index (Phi) is 8.17. The molecule has 2 N–H and O–H groups in total. The van der Waals surface area contributed by atoms with Gasteiger partial charge in [0.25, 0.3) is 0 Å². The first kappa shape index (κ1) is 13.1. The highest BCUT2D eigenvalue weighted by atomic mass is 16.5. The van der Waals surface area contributed by atoms with Crippen LogP contribution in [-0.4, -0.2) is 43.7 Å². The second-order valence-corrected chi connectivity index (χ2v) is 2.72. The van der Waals surface area contributed by atoms with E-state index in [1.807, 2.05) is 13.8 Å². The van der Waals surface area contributed by atoms with Crippen molar-refractivity contribution in [3.63, 3.8) is 0 Å². The van der Waals surface area contributed by atoms with Gasteiger partial charge in [-0.05, 0) is 6.08 Å². The molecule has 0 aromatic rings. The van der Waals surface area contributed by atoms with Crippen molar-refractivity contribution >= 4 is 5.91 Å². The second kappa shape index (κ2) is 8.72. The number of nitrogens with zero attached hydrogens (tertiary/aromatic N) is 1. The summed E-state index contributed by atoms with van der Waals surface area (Å²) in [5.74, 6) is -0.386. The smallest absolute Gasteiger partial charge is 0.241 e. The van der Waals surface area contributed by atoms with Crippen LogP contribution in [0.1, 0.15) is 15.3 Å². The Bertz CT molecular complexity index is 180. The van der Waals surface area contributed by atoms with E-state index in [1.165, 1.54) is 6.08 Å². The van der Waals surface area contributed by atoms with Crippen LogP contribution < -0.4 is 5.73 Å². The molecule has 0 spiro atoms. The van der Waals surface area contributed by atoms with Crippen molar-refractivity contribution in [2.24, 2.45) is 5.73 Å². The molecule has 0 unspecified atom stereocenters. The molecule has 4 heteroatoms. The van der Waals surface area contributed by atoms with Crippen LogP contribution in [-0.2, 0) is 9.53 Å². The molecule has 0 aliphatic carbocycles. The summed E-state index contributed by atoms with van der Waals surface area (Å²) >= 11 is 0. The van der Waals surface area contributed by atoms with Crippen LogP contribution in [0.3, 0.4) is 0 Å². The molecule has 1 amide bonds. The van der Waals surface area contributed by atoms with Gasteiger partial charge in [-0.15, -0.1) is 0 Å². The molecular formula is C10H22N2O2. The summed E-state index contributed by atoms with van der Waals surface area (Å²) in [7, 11) is 0. The number of rotatable bonds is 3. The summed E-state index contributed by atoms with van der Waals surface area (Å²) in [5, 5.41) is 0. The number of ether oxygens (including phenoxy) is 1. The van der Waals surface area contributed by atoms with Gasteiger partial charge in [-0.1, -0.05) is 19.9 Å². The molecule has 0 radical (unpaired) electrons. The lowest BCUT2D eigenvalue weighted by atomic mass is 10.4. The molecule has 1 heterocycles. The maximum absolute atomic E-state index is 10.3. The fourth-order valence-electron chi connectivity index (χ4n) is 1.10. The van der Waals surface area contributed by atoms with Gasteiger partial charge in [-0.2, -0.15) is 0 Å². The van der Waals surface area contributed by atoms with Gasteiger partial charge in [-0.25, -0.2) is 0 Å². The average molecular weight is 202 g/mol. The largest absolute Gasteiger partial charge is 0.379 e. The standard InChI is InChI=1S/C8H14N2O2.C2H6.H2/c9-8(11)2-1-3-10-4-6-12-7-5-10;1-2;/h1-2H,3-7H2,(H2,9,11);1-2H3;1H/b2-1+;;. The minimum absolute atomic E-state index is 0. The van der Waals surface area contributed by atoms with E-state index >= 15 is 0 Å². The van der Waals surface area contributed by atoms with Gasteiger partial charge in [0.2, 0.25) is 5.91 Å². The summed E-state index contributed by atoms with van der Waals surface area (Å²) in [4.78, 5) is 12.5. The predicted molar refractivity (Wildman–Crippen MR) is 59.1 cm³/mol. The van der Waals surface area contributed by atoms with Crippen molar-refractivity contribution in [3.05, 3.63) is 12.2 Å². The summed E-state index contributed by atoms with van der Waals surface area (Å²) < 4.78 is 5.17. The van der Waals surface area contributed by atoms with Crippen LogP contribution in [0, 0.1) is 0 Å². The van der Waals surface area contributed by atoms with Crippen LogP contribution in [0.5, 0.6) is 0 Å². The highest BCUT2D eigenvalue weighted by Crippen LogP contribution is 1.95. The van der Waals surface area contributed by atoms with E-state index in [-0.39, 0.29) is 7.33 Å². The molecule has 1 aliphatic heterocycles. The summed E-state index contributed by atoms with van der Waals surface area (Å²) in [6.07, 6.45) is 3.18. The van der Waals surface area contributed by atoms with Crippen LogP contribution in [0.15, 0.2) is 12.2 Å². The minimum Gasteiger partial charge on any atom is -0.379 e. The molecule has 1 rings (SSSR count). The zero-order valence-corrected chi connectivity index (χ0v) is 9.03. The summed E-state index contributed by atoms with van der Waals surface area (Å²) in [6.45, 7) is 8.22. The maximum atomic E-state index is 10.3. The lowest BCUT2D eigenvalue weighted by Crippen LogP contribution is -2.36. The van der Waals surface area contributed by atoms with E-state index < -0.39 is 0 Å². The van der Waals surface area contributed by atoms with Gasteiger partial charge < -0.3 is 10.5 Å². The van der Waals surface area contributed by atoms with Gasteiger partial charge >= 0.3 is 0 Å². The third kappa shape index (κ3) is 6.62. The topological polar surface area (TPSA) is 55.6 Å². The van der Waals surface area contributed by atoms with Crippen LogP contribution in [0.4, 0.5) is 0 Å². The molecule has 0 aromatic heterocycles. The lowest BCUT2D eigenvalue weighted by Gasteiger charge is -2.24. The van der Waals surface area contributed by atoms with E-state index in [4.69, 9.17) is 10.5 Å². The molecule has 0 aromatic carbocycles. The van der Waals surface area contributed by atoms with Gasteiger partial charge in [0.15, 0.2) is 0 Å². The molecule has 0 bridgehead atoms. The minimum atomic E-state index is -0.386. The quantitative estimate of drug-likeness (QED) is 0.683. The van der Waals surface area contributed by atoms with Crippen molar-refractivity contribution in [3.8, 4) is 0 Å². The number of carbonyl (C=O) groups is 1. The lowest BCUT2D eigenvalue weighted by molar-refractivity contribution is -0.113.